The SMILES string of the molecule is CCN1CCN(CCCNC(=O)[C@H]2Cc3ccccc3N2C(=O)c2ccccc2)CC1. The molecule has 1 fully saturated rings. The Labute approximate surface area is 184 Å². The number of rotatable bonds is 7. The Morgan fingerprint density at radius 3 is 2.35 bits per heavy atom. The second-order valence-corrected chi connectivity index (χ2v) is 8.31. The number of nitrogens with one attached hydrogen (secondary N) is 1. The average Bonchev–Trinajstić information content (AvgIpc) is 3.22. The summed E-state index contributed by atoms with van der Waals surface area (Å²) in [5, 5.41) is 3.09. The predicted molar refractivity (Wildman–Crippen MR) is 123 cm³/mol. The van der Waals surface area contributed by atoms with Crippen molar-refractivity contribution in [1.82, 2.24) is 15.1 Å². The molecule has 1 atom stereocenters. The third-order valence-electron chi connectivity index (χ3n) is 6.38. The highest BCUT2D eigenvalue weighted by atomic mass is 16.2. The normalized spacial score (nSPS) is 19.3. The van der Waals surface area contributed by atoms with Crippen LogP contribution in [0.15, 0.2) is 54.6 Å². The number of fused-ring (bicyclic) bond motifs is 1. The molecular weight excluding hydrogens is 388 g/mol. The van der Waals surface area contributed by atoms with E-state index >= 15 is 0 Å². The van der Waals surface area contributed by atoms with Crippen molar-refractivity contribution in [3.8, 4) is 0 Å². The number of carbonyl (C=O) groups excluding carboxylic acids is 2. The number of nitrogens with zero attached hydrogens (tertiary/aromatic N) is 3. The second kappa shape index (κ2) is 10.1. The van der Waals surface area contributed by atoms with Crippen LogP contribution in [0, 0.1) is 0 Å². The molecule has 6 heteroatoms. The van der Waals surface area contributed by atoms with Crippen molar-refractivity contribution in [2.75, 3.05) is 50.7 Å². The molecule has 0 saturated carbocycles. The number of carbonyl (C=O) groups is 2. The summed E-state index contributed by atoms with van der Waals surface area (Å²) in [6.45, 7) is 9.39. The first-order chi connectivity index (χ1) is 15.2. The molecule has 1 saturated heterocycles. The van der Waals surface area contributed by atoms with Gasteiger partial charge in [-0.2, -0.15) is 0 Å². The van der Waals surface area contributed by atoms with Gasteiger partial charge in [-0.15, -0.1) is 0 Å². The van der Waals surface area contributed by atoms with Crippen LogP contribution >= 0.6 is 0 Å². The van der Waals surface area contributed by atoms with E-state index in [0.29, 0.717) is 18.5 Å². The summed E-state index contributed by atoms with van der Waals surface area (Å²) >= 11 is 0. The molecule has 2 aromatic carbocycles. The van der Waals surface area contributed by atoms with Gasteiger partial charge in [-0.3, -0.25) is 14.5 Å². The number of hydrogen-bond donors (Lipinski definition) is 1. The average molecular weight is 421 g/mol. The Balaban J connectivity index is 1.35. The molecule has 2 heterocycles. The number of piperazine rings is 1. The Kier molecular flexibility index (Phi) is 6.99. The maximum atomic E-state index is 13.2. The van der Waals surface area contributed by atoms with Crippen LogP contribution in [-0.4, -0.2) is 73.5 Å². The predicted octanol–water partition coefficient (Wildman–Crippen LogP) is 2.40. The molecule has 0 radical (unpaired) electrons. The Hall–Kier alpha value is -2.70. The van der Waals surface area contributed by atoms with Gasteiger partial charge < -0.3 is 15.1 Å². The van der Waals surface area contributed by atoms with Gasteiger partial charge >= 0.3 is 0 Å². The quantitative estimate of drug-likeness (QED) is 0.699. The summed E-state index contributed by atoms with van der Waals surface area (Å²) in [6, 6.07) is 16.5. The van der Waals surface area contributed by atoms with Crippen molar-refractivity contribution < 1.29 is 9.59 Å². The highest BCUT2D eigenvalue weighted by Crippen LogP contribution is 2.33. The van der Waals surface area contributed by atoms with Crippen molar-refractivity contribution in [3.63, 3.8) is 0 Å². The number of anilines is 1. The molecule has 0 bridgehead atoms. The van der Waals surface area contributed by atoms with Crippen LogP contribution in [0.3, 0.4) is 0 Å². The van der Waals surface area contributed by atoms with E-state index in [1.54, 1.807) is 17.0 Å². The number of para-hydroxylation sites is 1. The highest BCUT2D eigenvalue weighted by Gasteiger charge is 2.38. The molecule has 6 nitrogen and oxygen atoms in total. The van der Waals surface area contributed by atoms with Crippen LogP contribution in [0.4, 0.5) is 5.69 Å². The highest BCUT2D eigenvalue weighted by molar-refractivity contribution is 6.11. The molecule has 164 valence electrons. The van der Waals surface area contributed by atoms with Gasteiger partial charge in [0, 0.05) is 50.4 Å². The summed E-state index contributed by atoms with van der Waals surface area (Å²) in [5.74, 6) is -0.198. The van der Waals surface area contributed by atoms with Gasteiger partial charge in [0.1, 0.15) is 6.04 Å². The van der Waals surface area contributed by atoms with Crippen LogP contribution in [0.1, 0.15) is 29.3 Å². The van der Waals surface area contributed by atoms with E-state index in [-0.39, 0.29) is 11.8 Å². The van der Waals surface area contributed by atoms with Gasteiger partial charge in [0.15, 0.2) is 0 Å². The molecule has 0 unspecified atom stereocenters. The van der Waals surface area contributed by atoms with Crippen molar-refractivity contribution in [2.24, 2.45) is 0 Å². The molecule has 1 N–H and O–H groups in total. The topological polar surface area (TPSA) is 55.9 Å². The number of hydrogen-bond acceptors (Lipinski definition) is 4. The molecule has 0 aromatic heterocycles. The maximum Gasteiger partial charge on any atom is 0.259 e. The van der Waals surface area contributed by atoms with Gasteiger partial charge in [-0.05, 0) is 43.3 Å². The first-order valence-electron chi connectivity index (χ1n) is 11.4. The number of benzene rings is 2. The van der Waals surface area contributed by atoms with Gasteiger partial charge in [0.05, 0.1) is 0 Å². The van der Waals surface area contributed by atoms with E-state index in [0.717, 1.165) is 56.9 Å². The lowest BCUT2D eigenvalue weighted by Crippen LogP contribution is -2.49. The minimum absolute atomic E-state index is 0.0729. The zero-order valence-corrected chi connectivity index (χ0v) is 18.3. The molecule has 2 aromatic rings. The molecular formula is C25H32N4O2. The van der Waals surface area contributed by atoms with Crippen LogP contribution in [0.5, 0.6) is 0 Å². The fourth-order valence-electron chi connectivity index (χ4n) is 4.53. The van der Waals surface area contributed by atoms with Gasteiger partial charge in [0.2, 0.25) is 5.91 Å². The minimum Gasteiger partial charge on any atom is -0.354 e. The van der Waals surface area contributed by atoms with Gasteiger partial charge in [0.25, 0.3) is 5.91 Å². The number of likely N-dealkylation sites (N-methyl/N-ethyl adjacent to an activating group) is 1. The summed E-state index contributed by atoms with van der Waals surface area (Å²) in [5.41, 5.74) is 2.48. The molecule has 0 spiro atoms. The first-order valence-corrected chi connectivity index (χ1v) is 11.4. The monoisotopic (exact) mass is 420 g/mol. The summed E-state index contributed by atoms with van der Waals surface area (Å²) in [4.78, 5) is 32.9. The summed E-state index contributed by atoms with van der Waals surface area (Å²) in [7, 11) is 0. The Morgan fingerprint density at radius 1 is 0.935 bits per heavy atom. The van der Waals surface area contributed by atoms with Crippen molar-refractivity contribution in [3.05, 3.63) is 65.7 Å². The van der Waals surface area contributed by atoms with Crippen LogP contribution in [0.2, 0.25) is 0 Å². The third kappa shape index (κ3) is 4.97. The van der Waals surface area contributed by atoms with Crippen LogP contribution in [0.25, 0.3) is 0 Å². The summed E-state index contributed by atoms with van der Waals surface area (Å²) < 4.78 is 0. The van der Waals surface area contributed by atoms with Crippen molar-refractivity contribution >= 4 is 17.5 Å². The molecule has 2 amide bonds. The van der Waals surface area contributed by atoms with Crippen LogP contribution in [-0.2, 0) is 11.2 Å². The standard InChI is InChI=1S/C25H32N4O2/c1-2-27-15-17-28(18-16-27)14-8-13-26-24(30)23-19-21-11-6-7-12-22(21)29(23)25(31)20-9-4-3-5-10-20/h3-7,9-12,23H,2,8,13-19H2,1H3,(H,26,30)/t23-/m1/s1. The van der Waals surface area contributed by atoms with E-state index in [4.69, 9.17) is 0 Å². The zero-order chi connectivity index (χ0) is 21.6. The van der Waals surface area contributed by atoms with E-state index < -0.39 is 6.04 Å². The fourth-order valence-corrected chi connectivity index (χ4v) is 4.53. The third-order valence-corrected chi connectivity index (χ3v) is 6.38. The second-order valence-electron chi connectivity index (χ2n) is 8.31. The first kappa shape index (κ1) is 21.5. The number of amides is 2. The molecule has 0 aliphatic carbocycles. The van der Waals surface area contributed by atoms with E-state index in [9.17, 15) is 9.59 Å². The summed E-state index contributed by atoms with van der Waals surface area (Å²) in [6.07, 6.45) is 1.48. The van der Waals surface area contributed by atoms with Gasteiger partial charge in [-0.1, -0.05) is 43.3 Å². The molecule has 2 aliphatic heterocycles. The smallest absolute Gasteiger partial charge is 0.259 e. The molecule has 2 aliphatic rings. The fraction of sp³-hybridized carbons (Fsp3) is 0.440. The van der Waals surface area contributed by atoms with E-state index in [1.807, 2.05) is 42.5 Å². The lowest BCUT2D eigenvalue weighted by atomic mass is 10.1. The molecule has 4 rings (SSSR count). The van der Waals surface area contributed by atoms with E-state index in [1.165, 1.54) is 0 Å². The largest absolute Gasteiger partial charge is 0.354 e. The van der Waals surface area contributed by atoms with Crippen LogP contribution < -0.4 is 10.2 Å². The zero-order valence-electron chi connectivity index (χ0n) is 18.3. The lowest BCUT2D eigenvalue weighted by molar-refractivity contribution is -0.122. The van der Waals surface area contributed by atoms with Crippen molar-refractivity contribution in [2.45, 2.75) is 25.8 Å². The van der Waals surface area contributed by atoms with E-state index in [2.05, 4.69) is 22.0 Å². The maximum absolute atomic E-state index is 13.2. The Morgan fingerprint density at radius 2 is 1.61 bits per heavy atom. The van der Waals surface area contributed by atoms with Gasteiger partial charge in [-0.25, -0.2) is 0 Å². The van der Waals surface area contributed by atoms with Crippen molar-refractivity contribution in [1.29, 1.82) is 0 Å². The Bertz CT molecular complexity index is 893. The lowest BCUT2D eigenvalue weighted by Gasteiger charge is -2.34. The minimum atomic E-state index is -0.502. The molecule has 31 heavy (non-hydrogen) atoms.